The Morgan fingerprint density at radius 3 is 2.94 bits per heavy atom. The number of anilines is 2. The van der Waals surface area contributed by atoms with E-state index in [4.69, 9.17) is 16.0 Å². The molecular formula is C13H14ClN3O. The lowest BCUT2D eigenvalue weighted by atomic mass is 10.1. The van der Waals surface area contributed by atoms with Gasteiger partial charge in [0.2, 0.25) is 5.89 Å². The number of aromatic nitrogens is 2. The van der Waals surface area contributed by atoms with Gasteiger partial charge in [0.15, 0.2) is 0 Å². The number of benzene rings is 1. The monoisotopic (exact) mass is 263 g/mol. The zero-order chi connectivity index (χ0) is 12.4. The lowest BCUT2D eigenvalue weighted by Crippen LogP contribution is -2.18. The van der Waals surface area contributed by atoms with E-state index in [-0.39, 0.29) is 5.88 Å². The van der Waals surface area contributed by atoms with E-state index < -0.39 is 0 Å². The fourth-order valence-electron chi connectivity index (χ4n) is 2.30. The minimum absolute atomic E-state index is 0.252. The van der Waals surface area contributed by atoms with E-state index >= 15 is 0 Å². The van der Waals surface area contributed by atoms with Gasteiger partial charge in [0.25, 0.3) is 0 Å². The Bertz CT molecular complexity index is 541. The standard InChI is InChI=1S/C13H14ClN3O/c14-9-12-15-16-13(18-12)17-8-4-3-6-10-5-1-2-7-11(10)17/h1-2,5,7H,3-4,6,8-9H2. The molecule has 5 heteroatoms. The fraction of sp³-hybridized carbons (Fsp3) is 0.385. The molecule has 0 spiro atoms. The number of fused-ring (bicyclic) bond motifs is 1. The molecule has 0 aliphatic carbocycles. The number of rotatable bonds is 2. The van der Waals surface area contributed by atoms with Crippen LogP contribution in [-0.4, -0.2) is 16.7 Å². The second kappa shape index (κ2) is 4.98. The molecule has 0 fully saturated rings. The smallest absolute Gasteiger partial charge is 0.322 e. The van der Waals surface area contributed by atoms with Crippen LogP contribution in [0.25, 0.3) is 0 Å². The predicted octanol–water partition coefficient (Wildman–Crippen LogP) is 3.28. The van der Waals surface area contributed by atoms with Crippen LogP contribution in [0.2, 0.25) is 0 Å². The summed E-state index contributed by atoms with van der Waals surface area (Å²) in [6.45, 7) is 0.904. The topological polar surface area (TPSA) is 42.2 Å². The minimum Gasteiger partial charge on any atom is -0.406 e. The number of hydrogen-bond donors (Lipinski definition) is 0. The average molecular weight is 264 g/mol. The Morgan fingerprint density at radius 1 is 1.22 bits per heavy atom. The fourth-order valence-corrected chi connectivity index (χ4v) is 2.41. The van der Waals surface area contributed by atoms with Gasteiger partial charge >= 0.3 is 6.01 Å². The lowest BCUT2D eigenvalue weighted by Gasteiger charge is -2.19. The van der Waals surface area contributed by atoms with E-state index in [1.165, 1.54) is 17.7 Å². The third-order valence-corrected chi connectivity index (χ3v) is 3.39. The van der Waals surface area contributed by atoms with E-state index in [1.54, 1.807) is 0 Å². The summed E-state index contributed by atoms with van der Waals surface area (Å²) in [6, 6.07) is 8.91. The molecule has 0 unspecified atom stereocenters. The third kappa shape index (κ3) is 2.08. The molecule has 0 bridgehead atoms. The summed E-state index contributed by atoms with van der Waals surface area (Å²) in [5.74, 6) is 0.719. The molecule has 0 radical (unpaired) electrons. The number of nitrogens with zero attached hydrogens (tertiary/aromatic N) is 3. The predicted molar refractivity (Wildman–Crippen MR) is 70.2 cm³/mol. The number of aryl methyl sites for hydroxylation is 1. The summed E-state index contributed by atoms with van der Waals surface area (Å²) in [6.07, 6.45) is 3.40. The van der Waals surface area contributed by atoms with Crippen LogP contribution in [0.1, 0.15) is 24.3 Å². The van der Waals surface area contributed by atoms with Crippen molar-refractivity contribution in [1.29, 1.82) is 0 Å². The van der Waals surface area contributed by atoms with Gasteiger partial charge in [0, 0.05) is 12.2 Å². The first-order valence-corrected chi connectivity index (χ1v) is 6.66. The van der Waals surface area contributed by atoms with Gasteiger partial charge in [-0.1, -0.05) is 23.3 Å². The maximum Gasteiger partial charge on any atom is 0.322 e. The first kappa shape index (κ1) is 11.5. The van der Waals surface area contributed by atoms with E-state index in [2.05, 4.69) is 33.3 Å². The highest BCUT2D eigenvalue weighted by molar-refractivity contribution is 6.16. The van der Waals surface area contributed by atoms with Gasteiger partial charge in [-0.25, -0.2) is 0 Å². The highest BCUT2D eigenvalue weighted by atomic mass is 35.5. The summed E-state index contributed by atoms with van der Waals surface area (Å²) in [5.41, 5.74) is 2.50. The van der Waals surface area contributed by atoms with Gasteiger partial charge in [-0.2, -0.15) is 0 Å². The van der Waals surface area contributed by atoms with Gasteiger partial charge in [0.05, 0.1) is 0 Å². The number of halogens is 1. The van der Waals surface area contributed by atoms with Crippen LogP contribution in [0, 0.1) is 0 Å². The summed E-state index contributed by atoms with van der Waals surface area (Å²) in [4.78, 5) is 2.09. The largest absolute Gasteiger partial charge is 0.406 e. The second-order valence-corrected chi connectivity index (χ2v) is 4.62. The van der Waals surface area contributed by atoms with Crippen molar-refractivity contribution >= 4 is 23.3 Å². The Hall–Kier alpha value is -1.55. The highest BCUT2D eigenvalue weighted by Gasteiger charge is 2.20. The molecule has 2 heterocycles. The Morgan fingerprint density at radius 2 is 2.11 bits per heavy atom. The Labute approximate surface area is 111 Å². The van der Waals surface area contributed by atoms with E-state index in [0.717, 1.165) is 19.4 Å². The molecule has 2 aromatic rings. The molecule has 1 aromatic heterocycles. The van der Waals surface area contributed by atoms with Crippen LogP contribution in [-0.2, 0) is 12.3 Å². The molecule has 0 N–H and O–H groups in total. The van der Waals surface area contributed by atoms with Crippen LogP contribution >= 0.6 is 11.6 Å². The van der Waals surface area contributed by atoms with Gasteiger partial charge in [0.1, 0.15) is 5.88 Å². The van der Waals surface area contributed by atoms with Crippen LogP contribution < -0.4 is 4.90 Å². The zero-order valence-corrected chi connectivity index (χ0v) is 10.7. The van der Waals surface area contributed by atoms with E-state index in [1.807, 2.05) is 6.07 Å². The van der Waals surface area contributed by atoms with Gasteiger partial charge in [-0.05, 0) is 30.9 Å². The molecule has 1 aliphatic heterocycles. The molecule has 0 amide bonds. The van der Waals surface area contributed by atoms with Crippen LogP contribution in [0.3, 0.4) is 0 Å². The van der Waals surface area contributed by atoms with Crippen LogP contribution in [0.4, 0.5) is 11.7 Å². The van der Waals surface area contributed by atoms with E-state index in [9.17, 15) is 0 Å². The van der Waals surface area contributed by atoms with E-state index in [0.29, 0.717) is 11.9 Å². The molecule has 94 valence electrons. The SMILES string of the molecule is ClCc1nnc(N2CCCCc3ccccc32)o1. The number of para-hydroxylation sites is 1. The van der Waals surface area contributed by atoms with Gasteiger partial charge in [-0.3, -0.25) is 4.90 Å². The maximum atomic E-state index is 5.70. The van der Waals surface area contributed by atoms with Crippen molar-refractivity contribution in [2.45, 2.75) is 25.1 Å². The Kier molecular flexibility index (Phi) is 3.19. The quantitative estimate of drug-likeness (QED) is 0.780. The summed E-state index contributed by atoms with van der Waals surface area (Å²) >= 11 is 5.70. The molecule has 1 aromatic carbocycles. The molecule has 3 rings (SSSR count). The van der Waals surface area contributed by atoms with Crippen LogP contribution in [0.15, 0.2) is 28.7 Å². The van der Waals surface area contributed by atoms with Crippen molar-refractivity contribution in [3.8, 4) is 0 Å². The molecular weight excluding hydrogens is 250 g/mol. The minimum atomic E-state index is 0.252. The zero-order valence-electron chi connectivity index (χ0n) is 9.97. The molecule has 0 saturated carbocycles. The summed E-state index contributed by atoms with van der Waals surface area (Å²) < 4.78 is 5.56. The van der Waals surface area contributed by atoms with Crippen molar-refractivity contribution in [3.05, 3.63) is 35.7 Å². The van der Waals surface area contributed by atoms with Crippen molar-refractivity contribution in [2.24, 2.45) is 0 Å². The summed E-state index contributed by atoms with van der Waals surface area (Å²) in [7, 11) is 0. The molecule has 18 heavy (non-hydrogen) atoms. The number of hydrogen-bond acceptors (Lipinski definition) is 4. The van der Waals surface area contributed by atoms with Crippen molar-refractivity contribution in [2.75, 3.05) is 11.4 Å². The average Bonchev–Trinajstić information content (AvgIpc) is 2.78. The molecule has 0 saturated heterocycles. The number of alkyl halides is 1. The first-order valence-electron chi connectivity index (χ1n) is 6.12. The van der Waals surface area contributed by atoms with Crippen molar-refractivity contribution < 1.29 is 4.42 Å². The first-order chi connectivity index (χ1) is 8.88. The normalized spacial score (nSPS) is 15.3. The highest BCUT2D eigenvalue weighted by Crippen LogP contribution is 2.31. The maximum absolute atomic E-state index is 5.70. The molecule has 4 nitrogen and oxygen atoms in total. The summed E-state index contributed by atoms with van der Waals surface area (Å²) in [5, 5.41) is 8.00. The molecule has 0 atom stereocenters. The Balaban J connectivity index is 2.00. The molecule has 1 aliphatic rings. The lowest BCUT2D eigenvalue weighted by molar-refractivity contribution is 0.511. The van der Waals surface area contributed by atoms with Gasteiger partial charge < -0.3 is 4.42 Å². The van der Waals surface area contributed by atoms with Gasteiger partial charge in [-0.15, -0.1) is 16.7 Å². The second-order valence-electron chi connectivity index (χ2n) is 4.35. The van der Waals surface area contributed by atoms with Crippen molar-refractivity contribution in [1.82, 2.24) is 10.2 Å². The van der Waals surface area contributed by atoms with Crippen LogP contribution in [0.5, 0.6) is 0 Å². The van der Waals surface area contributed by atoms with Crippen molar-refractivity contribution in [3.63, 3.8) is 0 Å². The third-order valence-electron chi connectivity index (χ3n) is 3.16.